The number of anilines is 1. The number of nitriles is 1. The number of carbonyl (C=O) groups excluding carboxylic acids is 1. The van der Waals surface area contributed by atoms with Gasteiger partial charge in [0, 0.05) is 35.8 Å². The van der Waals surface area contributed by atoms with Crippen molar-refractivity contribution in [3.8, 4) is 6.07 Å². The highest BCUT2D eigenvalue weighted by Crippen LogP contribution is 2.36. The van der Waals surface area contributed by atoms with Gasteiger partial charge in [0.15, 0.2) is 0 Å². The smallest absolute Gasteiger partial charge is 0.371 e. The maximum atomic E-state index is 13.4. The minimum atomic E-state index is -4.52. The van der Waals surface area contributed by atoms with Crippen LogP contribution in [0.5, 0.6) is 0 Å². The van der Waals surface area contributed by atoms with Gasteiger partial charge in [-0.1, -0.05) is 18.2 Å². The largest absolute Gasteiger partial charge is 0.433 e. The van der Waals surface area contributed by atoms with Gasteiger partial charge in [0.1, 0.15) is 5.69 Å². The third kappa shape index (κ3) is 4.92. The van der Waals surface area contributed by atoms with E-state index in [0.717, 1.165) is 31.7 Å². The van der Waals surface area contributed by atoms with E-state index in [4.69, 9.17) is 5.26 Å². The topological polar surface area (TPSA) is 69.0 Å². The van der Waals surface area contributed by atoms with Gasteiger partial charge in [-0.2, -0.15) is 18.4 Å². The molecule has 2 aromatic carbocycles. The Bertz CT molecular complexity index is 1190. The van der Waals surface area contributed by atoms with Gasteiger partial charge in [-0.25, -0.2) is 4.98 Å². The molecule has 0 radical (unpaired) electrons. The summed E-state index contributed by atoms with van der Waals surface area (Å²) >= 11 is 0. The Kier molecular flexibility index (Phi) is 6.23. The van der Waals surface area contributed by atoms with Crippen molar-refractivity contribution in [3.05, 3.63) is 71.4 Å². The van der Waals surface area contributed by atoms with Gasteiger partial charge < -0.3 is 10.2 Å². The molecule has 0 saturated heterocycles. The molecular formula is C25H23F3N4O. The molecule has 1 aliphatic carbocycles. The van der Waals surface area contributed by atoms with Crippen molar-refractivity contribution < 1.29 is 18.0 Å². The number of para-hydroxylation sites is 1. The third-order valence-corrected chi connectivity index (χ3v) is 6.22. The first-order chi connectivity index (χ1) is 15.8. The number of amides is 1. The molecule has 0 bridgehead atoms. The van der Waals surface area contributed by atoms with Crippen LogP contribution in [0.4, 0.5) is 18.9 Å². The predicted octanol–water partition coefficient (Wildman–Crippen LogP) is 5.30. The van der Waals surface area contributed by atoms with E-state index in [-0.39, 0.29) is 18.0 Å². The molecule has 4 rings (SSSR count). The molecule has 1 fully saturated rings. The molecule has 0 unspecified atom stereocenters. The number of carbonyl (C=O) groups is 1. The lowest BCUT2D eigenvalue weighted by atomic mass is 9.89. The van der Waals surface area contributed by atoms with E-state index in [1.807, 2.05) is 18.0 Å². The highest BCUT2D eigenvalue weighted by Gasteiger charge is 2.34. The number of nitrogens with one attached hydrogen (secondary N) is 1. The summed E-state index contributed by atoms with van der Waals surface area (Å²) < 4.78 is 40.3. The fourth-order valence-corrected chi connectivity index (χ4v) is 4.36. The van der Waals surface area contributed by atoms with Crippen molar-refractivity contribution in [1.82, 2.24) is 10.3 Å². The van der Waals surface area contributed by atoms with E-state index in [1.54, 1.807) is 48.5 Å². The molecule has 0 atom stereocenters. The number of benzene rings is 2. The number of hydrogen-bond acceptors (Lipinski definition) is 4. The standard InChI is InChI=1S/C25H23F3N4O/c1-32(22-14-23(25(26,27)28)31-21-5-3-2-4-20(21)22)19-12-10-18(11-13-19)30-24(33)17-8-6-16(15-29)7-9-17/h2-9,14,18-19H,10-13H2,1H3,(H,30,33)/t18-,19+. The van der Waals surface area contributed by atoms with Crippen molar-refractivity contribution >= 4 is 22.5 Å². The summed E-state index contributed by atoms with van der Waals surface area (Å²) in [5, 5.41) is 12.6. The number of rotatable bonds is 4. The Hall–Kier alpha value is -3.60. The summed E-state index contributed by atoms with van der Waals surface area (Å²) in [5.74, 6) is -0.189. The molecule has 3 aromatic rings. The Labute approximate surface area is 189 Å². The molecular weight excluding hydrogens is 429 g/mol. The minimum absolute atomic E-state index is 0.00212. The summed E-state index contributed by atoms with van der Waals surface area (Å²) in [6.45, 7) is 0. The van der Waals surface area contributed by atoms with Crippen LogP contribution in [0.3, 0.4) is 0 Å². The van der Waals surface area contributed by atoms with E-state index < -0.39 is 11.9 Å². The lowest BCUT2D eigenvalue weighted by Gasteiger charge is -2.37. The Balaban J connectivity index is 1.45. The van der Waals surface area contributed by atoms with Crippen LogP contribution in [-0.2, 0) is 6.18 Å². The van der Waals surface area contributed by atoms with Crippen molar-refractivity contribution in [2.45, 2.75) is 43.9 Å². The monoisotopic (exact) mass is 452 g/mol. The lowest BCUT2D eigenvalue weighted by molar-refractivity contribution is -0.140. The van der Waals surface area contributed by atoms with Crippen molar-refractivity contribution in [1.29, 1.82) is 5.26 Å². The number of alkyl halides is 3. The Morgan fingerprint density at radius 3 is 2.39 bits per heavy atom. The van der Waals surface area contributed by atoms with E-state index in [0.29, 0.717) is 27.7 Å². The Morgan fingerprint density at radius 2 is 1.76 bits per heavy atom. The zero-order valence-corrected chi connectivity index (χ0v) is 18.1. The van der Waals surface area contributed by atoms with Crippen LogP contribution in [0.1, 0.15) is 47.3 Å². The second-order valence-corrected chi connectivity index (χ2v) is 8.32. The predicted molar refractivity (Wildman–Crippen MR) is 120 cm³/mol. The molecule has 0 spiro atoms. The molecule has 1 aliphatic rings. The van der Waals surface area contributed by atoms with Gasteiger partial charge in [0.05, 0.1) is 17.1 Å². The maximum Gasteiger partial charge on any atom is 0.433 e. The normalized spacial score (nSPS) is 18.5. The first-order valence-corrected chi connectivity index (χ1v) is 10.8. The van der Waals surface area contributed by atoms with Crippen LogP contribution >= 0.6 is 0 Å². The van der Waals surface area contributed by atoms with Crippen molar-refractivity contribution in [2.24, 2.45) is 0 Å². The number of nitrogens with zero attached hydrogens (tertiary/aromatic N) is 3. The van der Waals surface area contributed by atoms with E-state index >= 15 is 0 Å². The summed E-state index contributed by atoms with van der Waals surface area (Å²) in [6.07, 6.45) is -1.58. The van der Waals surface area contributed by atoms with Crippen LogP contribution in [-0.4, -0.2) is 30.0 Å². The molecule has 170 valence electrons. The number of fused-ring (bicyclic) bond motifs is 1. The van der Waals surface area contributed by atoms with E-state index in [2.05, 4.69) is 10.3 Å². The molecule has 1 aromatic heterocycles. The van der Waals surface area contributed by atoms with Crippen molar-refractivity contribution in [2.75, 3.05) is 11.9 Å². The van der Waals surface area contributed by atoms with E-state index in [1.165, 1.54) is 0 Å². The number of halogens is 3. The first-order valence-electron chi connectivity index (χ1n) is 10.8. The third-order valence-electron chi connectivity index (χ3n) is 6.22. The average Bonchev–Trinajstić information content (AvgIpc) is 2.83. The summed E-state index contributed by atoms with van der Waals surface area (Å²) in [4.78, 5) is 18.2. The molecule has 1 amide bonds. The summed E-state index contributed by atoms with van der Waals surface area (Å²) in [6, 6.07) is 16.5. The quantitative estimate of drug-likeness (QED) is 0.583. The van der Waals surface area contributed by atoms with Crippen LogP contribution in [0.2, 0.25) is 0 Å². The lowest BCUT2D eigenvalue weighted by Crippen LogP contribution is -2.43. The zero-order chi connectivity index (χ0) is 23.6. The SMILES string of the molecule is CN(c1cc(C(F)(F)F)nc2ccccc12)[C@H]1CC[C@@H](NC(=O)c2ccc(C#N)cc2)CC1. The molecule has 1 saturated carbocycles. The molecule has 5 nitrogen and oxygen atoms in total. The fourth-order valence-electron chi connectivity index (χ4n) is 4.36. The number of pyridine rings is 1. The highest BCUT2D eigenvalue weighted by molar-refractivity contribution is 5.94. The van der Waals surface area contributed by atoms with Crippen LogP contribution in [0.25, 0.3) is 10.9 Å². The van der Waals surface area contributed by atoms with Gasteiger partial charge in [-0.15, -0.1) is 0 Å². The van der Waals surface area contributed by atoms with Gasteiger partial charge in [0.2, 0.25) is 0 Å². The van der Waals surface area contributed by atoms with E-state index in [9.17, 15) is 18.0 Å². The van der Waals surface area contributed by atoms with Crippen LogP contribution in [0, 0.1) is 11.3 Å². The second-order valence-electron chi connectivity index (χ2n) is 8.32. The van der Waals surface area contributed by atoms with Gasteiger partial charge >= 0.3 is 6.18 Å². The molecule has 1 N–H and O–H groups in total. The summed E-state index contributed by atoms with van der Waals surface area (Å²) in [7, 11) is 1.82. The molecule has 0 aliphatic heterocycles. The number of aromatic nitrogens is 1. The second kappa shape index (κ2) is 9.10. The van der Waals surface area contributed by atoms with Crippen LogP contribution < -0.4 is 10.2 Å². The summed E-state index contributed by atoms with van der Waals surface area (Å²) in [5.41, 5.74) is 0.922. The van der Waals surface area contributed by atoms with Gasteiger partial charge in [-0.05, 0) is 62.1 Å². The first kappa shape index (κ1) is 22.6. The molecule has 33 heavy (non-hydrogen) atoms. The fraction of sp³-hybridized carbons (Fsp3) is 0.320. The van der Waals surface area contributed by atoms with Crippen molar-refractivity contribution in [3.63, 3.8) is 0 Å². The molecule has 8 heteroatoms. The Morgan fingerprint density at radius 1 is 1.09 bits per heavy atom. The average molecular weight is 452 g/mol. The van der Waals surface area contributed by atoms with Gasteiger partial charge in [0.25, 0.3) is 5.91 Å². The highest BCUT2D eigenvalue weighted by atomic mass is 19.4. The minimum Gasteiger partial charge on any atom is -0.371 e. The van der Waals surface area contributed by atoms with Crippen LogP contribution in [0.15, 0.2) is 54.6 Å². The number of hydrogen-bond donors (Lipinski definition) is 1. The molecule has 1 heterocycles. The van der Waals surface area contributed by atoms with Gasteiger partial charge in [-0.3, -0.25) is 4.79 Å². The zero-order valence-electron chi connectivity index (χ0n) is 18.1. The maximum absolute atomic E-state index is 13.4.